The Bertz CT molecular complexity index is 2380. The summed E-state index contributed by atoms with van der Waals surface area (Å²) in [7, 11) is 0. The van der Waals surface area contributed by atoms with Crippen LogP contribution in [0, 0.1) is 6.57 Å². The van der Waals surface area contributed by atoms with Crippen molar-refractivity contribution in [3.63, 3.8) is 0 Å². The van der Waals surface area contributed by atoms with Gasteiger partial charge in [-0.3, -0.25) is 4.98 Å². The SMILES string of the molecule is [C-]#[N+]c1ccccc1-c1ccc(-c2ccc(-c3ccc(-c4ccc5ccc6cccnc6c5n4)cc3)c3ccccc23)cc1. The summed E-state index contributed by atoms with van der Waals surface area (Å²) >= 11 is 0. The Hall–Kier alpha value is -6.11. The van der Waals surface area contributed by atoms with Crippen LogP contribution in [0.15, 0.2) is 152 Å². The van der Waals surface area contributed by atoms with Gasteiger partial charge in [-0.05, 0) is 56.3 Å². The summed E-state index contributed by atoms with van der Waals surface area (Å²) in [6, 6.07) is 50.5. The summed E-state index contributed by atoms with van der Waals surface area (Å²) in [5, 5.41) is 4.60. The molecule has 0 spiro atoms. The lowest BCUT2D eigenvalue weighted by Gasteiger charge is -2.13. The van der Waals surface area contributed by atoms with E-state index in [2.05, 4.69) is 125 Å². The maximum absolute atomic E-state index is 7.52. The van der Waals surface area contributed by atoms with Crippen LogP contribution < -0.4 is 0 Å². The molecular formula is C41H25N3. The Labute approximate surface area is 255 Å². The predicted molar refractivity (Wildman–Crippen MR) is 183 cm³/mol. The van der Waals surface area contributed by atoms with Crippen LogP contribution in [0.4, 0.5) is 5.69 Å². The van der Waals surface area contributed by atoms with E-state index in [0.29, 0.717) is 5.69 Å². The minimum absolute atomic E-state index is 0.669. The average molecular weight is 560 g/mol. The van der Waals surface area contributed by atoms with Crippen LogP contribution >= 0.6 is 0 Å². The average Bonchev–Trinajstić information content (AvgIpc) is 3.11. The molecule has 0 fully saturated rings. The molecule has 6 aromatic carbocycles. The van der Waals surface area contributed by atoms with Crippen molar-refractivity contribution in [2.24, 2.45) is 0 Å². The zero-order valence-electron chi connectivity index (χ0n) is 23.8. The van der Waals surface area contributed by atoms with Crippen molar-refractivity contribution in [1.82, 2.24) is 9.97 Å². The summed E-state index contributed by atoms with van der Waals surface area (Å²) in [5.41, 5.74) is 11.2. The Balaban J connectivity index is 1.15. The van der Waals surface area contributed by atoms with Crippen LogP contribution in [0.2, 0.25) is 0 Å². The lowest BCUT2D eigenvalue weighted by Crippen LogP contribution is -1.89. The van der Waals surface area contributed by atoms with Crippen molar-refractivity contribution in [3.05, 3.63) is 163 Å². The highest BCUT2D eigenvalue weighted by Crippen LogP contribution is 2.38. The van der Waals surface area contributed by atoms with Crippen molar-refractivity contribution >= 4 is 38.3 Å². The number of nitrogens with zero attached hydrogens (tertiary/aromatic N) is 3. The van der Waals surface area contributed by atoms with Crippen molar-refractivity contribution in [2.75, 3.05) is 0 Å². The topological polar surface area (TPSA) is 30.1 Å². The maximum atomic E-state index is 7.52. The zero-order valence-corrected chi connectivity index (χ0v) is 23.8. The Kier molecular flexibility index (Phi) is 6.18. The molecule has 0 saturated heterocycles. The van der Waals surface area contributed by atoms with Gasteiger partial charge in [0.05, 0.1) is 23.3 Å². The van der Waals surface area contributed by atoms with Gasteiger partial charge in [0.2, 0.25) is 0 Å². The van der Waals surface area contributed by atoms with Gasteiger partial charge >= 0.3 is 0 Å². The summed E-state index contributed by atoms with van der Waals surface area (Å²) in [5.74, 6) is 0. The third kappa shape index (κ3) is 4.38. The first-order valence-corrected chi connectivity index (χ1v) is 14.6. The highest BCUT2D eigenvalue weighted by atomic mass is 14.7. The van der Waals surface area contributed by atoms with Crippen LogP contribution in [-0.2, 0) is 0 Å². The number of hydrogen-bond acceptors (Lipinski definition) is 2. The quantitative estimate of drug-likeness (QED) is 0.159. The van der Waals surface area contributed by atoms with E-state index < -0.39 is 0 Å². The lowest BCUT2D eigenvalue weighted by molar-refractivity contribution is 1.37. The van der Waals surface area contributed by atoms with Crippen molar-refractivity contribution < 1.29 is 0 Å². The monoisotopic (exact) mass is 559 g/mol. The zero-order chi connectivity index (χ0) is 29.5. The van der Waals surface area contributed by atoms with E-state index in [9.17, 15) is 0 Å². The molecule has 0 aliphatic heterocycles. The molecule has 0 bridgehead atoms. The van der Waals surface area contributed by atoms with Crippen LogP contribution in [0.1, 0.15) is 0 Å². The fourth-order valence-corrected chi connectivity index (χ4v) is 6.15. The number of benzene rings is 6. The van der Waals surface area contributed by atoms with Gasteiger partial charge in [-0.25, -0.2) is 9.83 Å². The first kappa shape index (κ1) is 25.6. The molecule has 204 valence electrons. The third-order valence-corrected chi connectivity index (χ3v) is 8.38. The Morgan fingerprint density at radius 1 is 0.432 bits per heavy atom. The van der Waals surface area contributed by atoms with Gasteiger partial charge in [-0.1, -0.05) is 133 Å². The molecule has 44 heavy (non-hydrogen) atoms. The van der Waals surface area contributed by atoms with Crippen molar-refractivity contribution in [3.8, 4) is 44.6 Å². The summed E-state index contributed by atoms with van der Waals surface area (Å²) in [4.78, 5) is 13.3. The molecule has 8 rings (SSSR count). The fraction of sp³-hybridized carbons (Fsp3) is 0. The smallest absolute Gasteiger partial charge is 0.194 e. The number of fused-ring (bicyclic) bond motifs is 4. The van der Waals surface area contributed by atoms with Crippen LogP contribution in [-0.4, -0.2) is 9.97 Å². The Morgan fingerprint density at radius 2 is 0.977 bits per heavy atom. The lowest BCUT2D eigenvalue weighted by atomic mass is 9.91. The van der Waals surface area contributed by atoms with Gasteiger partial charge in [-0.2, -0.15) is 0 Å². The second-order valence-corrected chi connectivity index (χ2v) is 10.9. The molecule has 0 saturated carbocycles. The summed E-state index contributed by atoms with van der Waals surface area (Å²) < 4.78 is 0. The number of para-hydroxylation sites is 1. The van der Waals surface area contributed by atoms with E-state index in [4.69, 9.17) is 11.6 Å². The second kappa shape index (κ2) is 10.6. The van der Waals surface area contributed by atoms with Gasteiger partial charge in [0.25, 0.3) is 0 Å². The molecule has 8 aromatic rings. The van der Waals surface area contributed by atoms with Gasteiger partial charge in [-0.15, -0.1) is 0 Å². The van der Waals surface area contributed by atoms with Crippen molar-refractivity contribution in [2.45, 2.75) is 0 Å². The molecule has 0 aliphatic rings. The molecule has 3 nitrogen and oxygen atoms in total. The van der Waals surface area contributed by atoms with E-state index in [1.165, 1.54) is 21.9 Å². The second-order valence-electron chi connectivity index (χ2n) is 10.9. The van der Waals surface area contributed by atoms with E-state index in [0.717, 1.165) is 55.3 Å². The molecular weight excluding hydrogens is 534 g/mol. The first-order valence-electron chi connectivity index (χ1n) is 14.6. The standard InChI is InChI=1S/C41H25N3/c1-42-39-11-5-4-8-35(39)29-14-12-27(13-15-29)33-23-24-34(37-10-3-2-9-36(33)37)28-16-18-30(19-17-28)38-25-22-32-21-20-31-7-6-26-43-40(31)41(32)44-38/h2-26H. The molecule has 0 radical (unpaired) electrons. The number of aromatic nitrogens is 2. The number of pyridine rings is 2. The molecule has 2 aromatic heterocycles. The summed E-state index contributed by atoms with van der Waals surface area (Å²) in [6.07, 6.45) is 1.83. The molecule has 0 N–H and O–H groups in total. The normalized spacial score (nSPS) is 11.2. The van der Waals surface area contributed by atoms with E-state index in [1.54, 1.807) is 0 Å². The van der Waals surface area contributed by atoms with Gasteiger partial charge in [0.1, 0.15) is 0 Å². The summed E-state index contributed by atoms with van der Waals surface area (Å²) in [6.45, 7) is 7.52. The largest absolute Gasteiger partial charge is 0.254 e. The van der Waals surface area contributed by atoms with E-state index >= 15 is 0 Å². The molecule has 3 heteroatoms. The Morgan fingerprint density at radius 3 is 1.64 bits per heavy atom. The van der Waals surface area contributed by atoms with Crippen LogP contribution in [0.5, 0.6) is 0 Å². The fourth-order valence-electron chi connectivity index (χ4n) is 6.15. The molecule has 0 unspecified atom stereocenters. The minimum atomic E-state index is 0.669. The highest BCUT2D eigenvalue weighted by molar-refractivity contribution is 6.05. The van der Waals surface area contributed by atoms with Gasteiger partial charge in [0.15, 0.2) is 5.69 Å². The van der Waals surface area contributed by atoms with E-state index in [-0.39, 0.29) is 0 Å². The number of hydrogen-bond donors (Lipinski definition) is 0. The molecule has 0 atom stereocenters. The van der Waals surface area contributed by atoms with Crippen molar-refractivity contribution in [1.29, 1.82) is 0 Å². The molecule has 2 heterocycles. The number of rotatable bonds is 4. The van der Waals surface area contributed by atoms with Gasteiger partial charge < -0.3 is 0 Å². The first-order chi connectivity index (χ1) is 21.8. The highest BCUT2D eigenvalue weighted by Gasteiger charge is 2.12. The maximum Gasteiger partial charge on any atom is 0.194 e. The molecule has 0 aliphatic carbocycles. The van der Waals surface area contributed by atoms with Gasteiger partial charge in [0, 0.05) is 22.5 Å². The van der Waals surface area contributed by atoms with Crippen LogP contribution in [0.3, 0.4) is 0 Å². The third-order valence-electron chi connectivity index (χ3n) is 8.38. The molecule has 0 amide bonds. The predicted octanol–water partition coefficient (Wildman–Crippen LogP) is 11.2. The van der Waals surface area contributed by atoms with E-state index in [1.807, 2.05) is 36.5 Å². The minimum Gasteiger partial charge on any atom is -0.254 e. The van der Waals surface area contributed by atoms with Crippen LogP contribution in [0.25, 0.3) is 82.1 Å².